The summed E-state index contributed by atoms with van der Waals surface area (Å²) in [5.41, 5.74) is 3.70. The zero-order valence-corrected chi connectivity index (χ0v) is 17.4. The maximum Gasteiger partial charge on any atom is 1.00 e. The summed E-state index contributed by atoms with van der Waals surface area (Å²) >= 11 is 0. The lowest BCUT2D eigenvalue weighted by molar-refractivity contribution is -0.742. The van der Waals surface area contributed by atoms with E-state index in [1.165, 1.54) is 20.3 Å². The van der Waals surface area contributed by atoms with Crippen LogP contribution in [-0.2, 0) is 0 Å². The van der Waals surface area contributed by atoms with E-state index in [1.807, 2.05) is 0 Å². The fourth-order valence-corrected chi connectivity index (χ4v) is 0.0577. The Labute approximate surface area is 161 Å². The third kappa shape index (κ3) is 59.3. The minimum Gasteiger partial charge on any atom is -0.394 e. The molecule has 0 unspecified atom stereocenters. The summed E-state index contributed by atoms with van der Waals surface area (Å²) < 4.78 is 0. The van der Waals surface area contributed by atoms with Gasteiger partial charge in [0.15, 0.2) is 0 Å². The van der Waals surface area contributed by atoms with Gasteiger partial charge in [-0.2, -0.15) is 0 Å². The lowest BCUT2D eigenvalue weighted by Gasteiger charge is -2.12. The van der Waals surface area contributed by atoms with Gasteiger partial charge in [-0.15, -0.1) is 10.1 Å². The van der Waals surface area contributed by atoms with Crippen molar-refractivity contribution in [3.05, 3.63) is 30.3 Å². The van der Waals surface area contributed by atoms with Gasteiger partial charge >= 0.3 is 1.43 Å². The molecular formula is C14H37N4O9+. The molecule has 0 saturated carbocycles. The average Bonchev–Trinajstić information content (AvgIpc) is 2.47. The summed E-state index contributed by atoms with van der Waals surface area (Å²) in [6.45, 7) is 13.2. The molecule has 27 heavy (non-hydrogen) atoms. The van der Waals surface area contributed by atoms with Crippen LogP contribution in [-0.4, -0.2) is 60.7 Å². The highest BCUT2D eigenvalue weighted by Crippen LogP contribution is 2.03. The normalized spacial score (nSPS) is 9.63. The van der Waals surface area contributed by atoms with Gasteiger partial charge in [0.25, 0.3) is 5.09 Å². The van der Waals surface area contributed by atoms with Gasteiger partial charge in [-0.25, -0.2) is 0 Å². The molecule has 0 aliphatic rings. The minimum atomic E-state index is -1.50. The molecule has 0 aromatic heterocycles. The number of aliphatic hydroxyl groups is 2. The second-order valence-corrected chi connectivity index (χ2v) is 6.70. The van der Waals surface area contributed by atoms with Crippen LogP contribution < -0.4 is 5.73 Å². The van der Waals surface area contributed by atoms with Crippen LogP contribution in [0.1, 0.15) is 63.2 Å². The Morgan fingerprint density at radius 1 is 0.963 bits per heavy atom. The topological polar surface area (TPSA) is 216 Å². The second kappa shape index (κ2) is 20.2. The number of rotatable bonds is 4. The Kier molecular flexibility index (Phi) is 26.9. The van der Waals surface area contributed by atoms with Gasteiger partial charge in [0, 0.05) is 43.1 Å². The number of nitrogens with two attached hydrogens (primary N) is 1. The van der Waals surface area contributed by atoms with Gasteiger partial charge < -0.3 is 21.2 Å². The van der Waals surface area contributed by atoms with Crippen molar-refractivity contribution in [2.24, 2.45) is 5.73 Å². The summed E-state index contributed by atoms with van der Waals surface area (Å²) in [6.07, 6.45) is 1.25. The fourth-order valence-electron chi connectivity index (χ4n) is 0.0577. The van der Waals surface area contributed by atoms with E-state index in [4.69, 9.17) is 31.3 Å². The highest BCUT2D eigenvalue weighted by molar-refractivity contribution is 4.67. The van der Waals surface area contributed by atoms with Crippen molar-refractivity contribution in [2.75, 3.05) is 13.2 Å². The van der Waals surface area contributed by atoms with Crippen molar-refractivity contribution in [3.8, 4) is 0 Å². The zero-order chi connectivity index (χ0) is 23.4. The van der Waals surface area contributed by atoms with Crippen LogP contribution in [0.4, 0.5) is 0 Å². The summed E-state index contributed by atoms with van der Waals surface area (Å²) in [6, 6.07) is -0.426. The van der Waals surface area contributed by atoms with E-state index in [2.05, 4.69) is 13.8 Å². The maximum atomic E-state index is 9.90. The molecule has 0 bridgehead atoms. The highest BCUT2D eigenvalue weighted by Gasteiger charge is 2.28. The number of nitro groups is 2. The van der Waals surface area contributed by atoms with Crippen molar-refractivity contribution in [2.45, 2.75) is 78.9 Å². The van der Waals surface area contributed by atoms with Crippen LogP contribution in [0.5, 0.6) is 0 Å². The first-order valence-electron chi connectivity index (χ1n) is 7.97. The van der Waals surface area contributed by atoms with Gasteiger partial charge in [0.05, 0.1) is 6.61 Å². The largest absolute Gasteiger partial charge is 1.00 e. The van der Waals surface area contributed by atoms with Crippen LogP contribution in [0.15, 0.2) is 0 Å². The summed E-state index contributed by atoms with van der Waals surface area (Å²) in [5.74, 6) is 0. The molecule has 0 amide bonds. The van der Waals surface area contributed by atoms with Crippen LogP contribution in [0, 0.1) is 30.3 Å². The molecule has 0 spiro atoms. The first-order valence-corrected chi connectivity index (χ1v) is 7.97. The highest BCUT2D eigenvalue weighted by atomic mass is 16.9. The fraction of sp³-hybridized carbons (Fsp3) is 1.00. The van der Waals surface area contributed by atoms with Crippen molar-refractivity contribution >= 4 is 0 Å². The van der Waals surface area contributed by atoms with Crippen molar-refractivity contribution < 1.29 is 31.8 Å². The minimum absolute atomic E-state index is 0. The van der Waals surface area contributed by atoms with E-state index in [1.54, 1.807) is 27.7 Å². The van der Waals surface area contributed by atoms with E-state index in [0.717, 1.165) is 0 Å². The van der Waals surface area contributed by atoms with Crippen molar-refractivity contribution in [3.63, 3.8) is 0 Å². The standard InChI is InChI=1S/C4H9NO3.C4H11NO.C3H7NO2.C3H8.HNO3/c1-4(2,3-6)5(7)8;1-4(2,5)3-6;1-3(2)4(5)6;1-3-2;2-1(3)4/h6H,3H2,1-2H3;6H,3,5H2,1-2H3;3H,1-2H3;3H2,1-2H3;(H,2,3,4)/p+1. The van der Waals surface area contributed by atoms with Crippen LogP contribution in [0.25, 0.3) is 0 Å². The number of aliphatic hydroxyl groups excluding tert-OH is 2. The lowest BCUT2D eigenvalue weighted by Crippen LogP contribution is -2.35. The molecule has 0 aliphatic carbocycles. The Hall–Kier alpha value is -2.12. The molecule has 0 fully saturated rings. The van der Waals surface area contributed by atoms with E-state index in [-0.39, 0.29) is 13.0 Å². The van der Waals surface area contributed by atoms with Crippen molar-refractivity contribution in [1.29, 1.82) is 0 Å². The Bertz CT molecular complexity index is 385. The molecule has 0 aromatic carbocycles. The molecule has 0 atom stereocenters. The van der Waals surface area contributed by atoms with Gasteiger partial charge in [-0.3, -0.25) is 20.2 Å². The second-order valence-electron chi connectivity index (χ2n) is 6.70. The molecule has 0 saturated heterocycles. The predicted molar refractivity (Wildman–Crippen MR) is 101 cm³/mol. The summed E-state index contributed by atoms with van der Waals surface area (Å²) in [5, 5.41) is 49.6. The van der Waals surface area contributed by atoms with E-state index >= 15 is 0 Å². The monoisotopic (exact) mass is 405 g/mol. The molecule has 0 heterocycles. The Morgan fingerprint density at radius 3 is 1.15 bits per heavy atom. The molecule has 13 nitrogen and oxygen atoms in total. The molecule has 0 aromatic rings. The van der Waals surface area contributed by atoms with Crippen LogP contribution in [0.3, 0.4) is 0 Å². The quantitative estimate of drug-likeness (QED) is 0.391. The number of hydrogen-bond acceptors (Lipinski definition) is 9. The van der Waals surface area contributed by atoms with Gasteiger partial charge in [0.2, 0.25) is 11.6 Å². The number of hydrogen-bond donors (Lipinski definition) is 4. The van der Waals surface area contributed by atoms with Gasteiger partial charge in [0.1, 0.15) is 6.61 Å². The maximum absolute atomic E-state index is 9.90. The molecule has 0 rings (SSSR count). The first kappa shape index (κ1) is 35.9. The average molecular weight is 405 g/mol. The molecule has 166 valence electrons. The third-order valence-electron chi connectivity index (χ3n) is 1.71. The smallest absolute Gasteiger partial charge is 0.394 e. The molecule has 0 aliphatic heterocycles. The molecule has 0 radical (unpaired) electrons. The lowest BCUT2D eigenvalue weighted by atomic mass is 10.1. The Balaban J connectivity index is -0.0000000555. The molecule has 5 N–H and O–H groups in total. The van der Waals surface area contributed by atoms with Crippen molar-refractivity contribution in [1.82, 2.24) is 0 Å². The van der Waals surface area contributed by atoms with E-state index < -0.39 is 33.7 Å². The van der Waals surface area contributed by atoms with E-state index in [0.29, 0.717) is 0 Å². The summed E-state index contributed by atoms with van der Waals surface area (Å²) in [7, 11) is 0. The van der Waals surface area contributed by atoms with E-state index in [9.17, 15) is 20.2 Å². The Morgan fingerprint density at radius 2 is 1.15 bits per heavy atom. The molecular weight excluding hydrogens is 368 g/mol. The van der Waals surface area contributed by atoms with Crippen LogP contribution in [0.2, 0.25) is 0 Å². The van der Waals surface area contributed by atoms with Crippen LogP contribution >= 0.6 is 0 Å². The molecule has 13 heteroatoms. The predicted octanol–water partition coefficient (Wildman–Crippen LogP) is 1.60. The van der Waals surface area contributed by atoms with Gasteiger partial charge in [-0.1, -0.05) is 20.3 Å². The van der Waals surface area contributed by atoms with Gasteiger partial charge in [-0.05, 0) is 13.8 Å². The SMILES string of the molecule is CC(C)(CO)[N+](=O)[O-].CC(C)(N)CO.CC(C)[N+](=O)[O-].CCC.O=[N+]([O-])O.[H+]. The first-order chi connectivity index (χ1) is 11.9. The number of nitrogens with zero attached hydrogens (tertiary/aromatic N) is 3. The summed E-state index contributed by atoms with van der Waals surface area (Å²) in [4.78, 5) is 26.9. The third-order valence-corrected chi connectivity index (χ3v) is 1.71. The zero-order valence-electron chi connectivity index (χ0n) is 18.4.